The van der Waals surface area contributed by atoms with E-state index in [0.717, 1.165) is 12.0 Å². The Bertz CT molecular complexity index is 1500. The minimum Gasteiger partial charge on any atom is -0.501 e. The number of aromatic hydroxyl groups is 1. The predicted molar refractivity (Wildman–Crippen MR) is 145 cm³/mol. The van der Waals surface area contributed by atoms with E-state index in [2.05, 4.69) is 15.3 Å². The van der Waals surface area contributed by atoms with Gasteiger partial charge in [-0.3, -0.25) is 14.4 Å². The normalized spacial score (nSPS) is 18.4. The maximum absolute atomic E-state index is 13.6. The summed E-state index contributed by atoms with van der Waals surface area (Å²) < 4.78 is 19.3. The third-order valence-electron chi connectivity index (χ3n) is 6.95. The number of nitrogens with one attached hydrogen (secondary N) is 2. The number of aromatic amines is 1. The van der Waals surface area contributed by atoms with Gasteiger partial charge < -0.3 is 25.0 Å². The Hall–Kier alpha value is -4.57. The van der Waals surface area contributed by atoms with Crippen molar-refractivity contribution in [3.05, 3.63) is 117 Å². The Morgan fingerprint density at radius 2 is 1.90 bits per heavy atom. The molecule has 1 fully saturated rings. The van der Waals surface area contributed by atoms with E-state index in [9.17, 15) is 23.9 Å². The van der Waals surface area contributed by atoms with Gasteiger partial charge in [0.1, 0.15) is 11.6 Å². The lowest BCUT2D eigenvalue weighted by molar-refractivity contribution is -0.128. The Labute approximate surface area is 230 Å². The van der Waals surface area contributed by atoms with E-state index >= 15 is 0 Å². The van der Waals surface area contributed by atoms with E-state index in [1.165, 1.54) is 24.3 Å². The van der Waals surface area contributed by atoms with Crippen molar-refractivity contribution < 1.29 is 23.8 Å². The number of carbonyl (C=O) groups is 2. The van der Waals surface area contributed by atoms with Crippen LogP contribution >= 0.6 is 0 Å². The van der Waals surface area contributed by atoms with Gasteiger partial charge in [0.25, 0.3) is 11.5 Å². The van der Waals surface area contributed by atoms with Crippen molar-refractivity contribution in [1.29, 1.82) is 0 Å². The molecule has 0 saturated carbocycles. The number of ether oxygens (including phenoxy) is 1. The smallest absolute Gasteiger partial charge is 0.294 e. The summed E-state index contributed by atoms with van der Waals surface area (Å²) in [5.74, 6) is -2.12. The van der Waals surface area contributed by atoms with Crippen LogP contribution in [0.5, 0.6) is 5.75 Å². The third-order valence-corrected chi connectivity index (χ3v) is 6.95. The van der Waals surface area contributed by atoms with Gasteiger partial charge in [0.15, 0.2) is 5.69 Å². The van der Waals surface area contributed by atoms with Crippen molar-refractivity contribution >= 4 is 11.8 Å². The molecule has 2 aromatic carbocycles. The van der Waals surface area contributed by atoms with Crippen molar-refractivity contribution in [2.75, 3.05) is 6.54 Å². The number of benzene rings is 2. The second-order valence-electron chi connectivity index (χ2n) is 9.74. The molecule has 9 nitrogen and oxygen atoms in total. The SMILES string of the molecule is O=C(NCc1ccc(F)cc1)c1nc([C@@H]2C[C@@H](OCc3ccccc3)CN2C(=O)C2=CC=CCC2)[nH]c(=O)c1O. The molecule has 2 atom stereocenters. The molecule has 206 valence electrons. The number of halogens is 1. The molecule has 0 spiro atoms. The summed E-state index contributed by atoms with van der Waals surface area (Å²) in [5.41, 5.74) is 0.898. The summed E-state index contributed by atoms with van der Waals surface area (Å²) in [5, 5.41) is 13.0. The number of allylic oxidation sites excluding steroid dienone is 3. The monoisotopic (exact) mass is 544 g/mol. The number of nitrogens with zero attached hydrogens (tertiary/aromatic N) is 2. The molecule has 10 heteroatoms. The topological polar surface area (TPSA) is 125 Å². The van der Waals surface area contributed by atoms with Crippen molar-refractivity contribution in [2.24, 2.45) is 0 Å². The largest absolute Gasteiger partial charge is 0.501 e. The summed E-state index contributed by atoms with van der Waals surface area (Å²) in [4.78, 5) is 47.6. The molecule has 5 rings (SSSR count). The Kier molecular flexibility index (Phi) is 8.16. The Morgan fingerprint density at radius 1 is 1.12 bits per heavy atom. The molecule has 1 aliphatic heterocycles. The lowest BCUT2D eigenvalue weighted by Gasteiger charge is -2.25. The first kappa shape index (κ1) is 27.0. The van der Waals surface area contributed by atoms with Gasteiger partial charge in [0, 0.05) is 25.1 Å². The Morgan fingerprint density at radius 3 is 2.62 bits per heavy atom. The van der Waals surface area contributed by atoms with Crippen LogP contribution in [0.1, 0.15) is 52.7 Å². The summed E-state index contributed by atoms with van der Waals surface area (Å²) in [7, 11) is 0. The fraction of sp³-hybridized carbons (Fsp3) is 0.267. The molecule has 2 heterocycles. The average Bonchev–Trinajstić information content (AvgIpc) is 3.42. The first-order valence-electron chi connectivity index (χ1n) is 13.1. The van der Waals surface area contributed by atoms with Crippen molar-refractivity contribution in [3.63, 3.8) is 0 Å². The van der Waals surface area contributed by atoms with Gasteiger partial charge in [-0.1, -0.05) is 60.7 Å². The van der Waals surface area contributed by atoms with Gasteiger partial charge in [-0.15, -0.1) is 0 Å². The van der Waals surface area contributed by atoms with E-state index in [1.807, 2.05) is 42.5 Å². The number of aromatic nitrogens is 2. The number of amides is 2. The Balaban J connectivity index is 1.39. The highest BCUT2D eigenvalue weighted by atomic mass is 19.1. The molecule has 1 aromatic heterocycles. The molecule has 3 N–H and O–H groups in total. The first-order chi connectivity index (χ1) is 19.4. The van der Waals surface area contributed by atoms with Crippen LogP contribution in [0, 0.1) is 5.82 Å². The van der Waals surface area contributed by atoms with Crippen LogP contribution < -0.4 is 10.9 Å². The number of likely N-dealkylation sites (tertiary alicyclic amines) is 1. The highest BCUT2D eigenvalue weighted by Gasteiger charge is 2.40. The van der Waals surface area contributed by atoms with E-state index in [4.69, 9.17) is 4.74 Å². The van der Waals surface area contributed by atoms with Crippen LogP contribution in [-0.4, -0.2) is 44.4 Å². The summed E-state index contributed by atoms with van der Waals surface area (Å²) in [6.45, 7) is 0.657. The van der Waals surface area contributed by atoms with Gasteiger partial charge in [0.2, 0.25) is 11.7 Å². The van der Waals surface area contributed by atoms with Crippen molar-refractivity contribution in [3.8, 4) is 5.75 Å². The summed E-state index contributed by atoms with van der Waals surface area (Å²) in [6.07, 6.45) is 6.94. The fourth-order valence-electron chi connectivity index (χ4n) is 4.82. The van der Waals surface area contributed by atoms with E-state index < -0.39 is 34.8 Å². The van der Waals surface area contributed by atoms with Gasteiger partial charge >= 0.3 is 0 Å². The lowest BCUT2D eigenvalue weighted by atomic mass is 10.0. The van der Waals surface area contributed by atoms with Crippen LogP contribution in [0.15, 0.2) is 83.2 Å². The molecular formula is C30H29FN4O5. The summed E-state index contributed by atoms with van der Waals surface area (Å²) in [6, 6.07) is 14.5. The standard InChI is InChI=1S/C30H29FN4O5/c31-22-13-11-19(12-14-22)16-32-28(37)25-26(36)29(38)34-27(33-25)24-15-23(40-18-20-7-3-1-4-8-20)17-35(24)30(39)21-9-5-2-6-10-21/h1-5,7-9,11-14,23-24,36H,6,10,15-18H2,(H,32,37)(H,33,34,38)/t23-,24+/m1/s1. The van der Waals surface area contributed by atoms with Gasteiger partial charge in [0.05, 0.1) is 18.8 Å². The van der Waals surface area contributed by atoms with Crippen LogP contribution in [-0.2, 0) is 22.7 Å². The second kappa shape index (κ2) is 12.1. The third kappa shape index (κ3) is 6.18. The number of carbonyl (C=O) groups excluding carboxylic acids is 2. The minimum atomic E-state index is -0.891. The number of hydrogen-bond donors (Lipinski definition) is 3. The quantitative estimate of drug-likeness (QED) is 0.398. The zero-order valence-corrected chi connectivity index (χ0v) is 21.7. The van der Waals surface area contributed by atoms with Crippen LogP contribution in [0.4, 0.5) is 4.39 Å². The van der Waals surface area contributed by atoms with Crippen LogP contribution in [0.25, 0.3) is 0 Å². The highest BCUT2D eigenvalue weighted by molar-refractivity contribution is 5.95. The zero-order valence-electron chi connectivity index (χ0n) is 21.7. The zero-order chi connectivity index (χ0) is 28.1. The summed E-state index contributed by atoms with van der Waals surface area (Å²) >= 11 is 0. The second-order valence-corrected chi connectivity index (χ2v) is 9.74. The van der Waals surface area contributed by atoms with Crippen molar-refractivity contribution in [1.82, 2.24) is 20.2 Å². The maximum Gasteiger partial charge on any atom is 0.294 e. The maximum atomic E-state index is 13.6. The molecule has 3 aromatic rings. The number of rotatable bonds is 8. The molecule has 40 heavy (non-hydrogen) atoms. The van der Waals surface area contributed by atoms with Crippen LogP contribution in [0.3, 0.4) is 0 Å². The molecule has 1 aliphatic carbocycles. The van der Waals surface area contributed by atoms with Gasteiger partial charge in [-0.25, -0.2) is 9.37 Å². The van der Waals surface area contributed by atoms with E-state index in [0.29, 0.717) is 30.6 Å². The molecule has 2 aliphatic rings. The van der Waals surface area contributed by atoms with Crippen LogP contribution in [0.2, 0.25) is 0 Å². The molecule has 2 amide bonds. The minimum absolute atomic E-state index is 0.0352. The number of H-pyrrole nitrogens is 1. The molecular weight excluding hydrogens is 515 g/mol. The average molecular weight is 545 g/mol. The van der Waals surface area contributed by atoms with Gasteiger partial charge in [-0.05, 0) is 36.1 Å². The highest BCUT2D eigenvalue weighted by Crippen LogP contribution is 2.34. The van der Waals surface area contributed by atoms with E-state index in [-0.39, 0.29) is 30.9 Å². The fourth-order valence-corrected chi connectivity index (χ4v) is 4.82. The van der Waals surface area contributed by atoms with Crippen molar-refractivity contribution in [2.45, 2.75) is 44.6 Å². The predicted octanol–water partition coefficient (Wildman–Crippen LogP) is 3.68. The van der Waals surface area contributed by atoms with Gasteiger partial charge in [-0.2, -0.15) is 0 Å². The molecule has 0 radical (unpaired) electrons. The molecule has 1 saturated heterocycles. The molecule has 0 unspecified atom stereocenters. The number of hydrogen-bond acceptors (Lipinski definition) is 6. The van der Waals surface area contributed by atoms with E-state index in [1.54, 1.807) is 11.0 Å². The molecule has 0 bridgehead atoms. The first-order valence-corrected chi connectivity index (χ1v) is 13.1. The lowest BCUT2D eigenvalue weighted by Crippen LogP contribution is -2.35.